The van der Waals surface area contributed by atoms with E-state index in [0.717, 1.165) is 47.8 Å². The van der Waals surface area contributed by atoms with Crippen LogP contribution in [0, 0.1) is 0 Å². The van der Waals surface area contributed by atoms with Crippen molar-refractivity contribution in [3.05, 3.63) is 114 Å². The molecule has 0 atom stereocenters. The summed E-state index contributed by atoms with van der Waals surface area (Å²) in [6, 6.07) is 21.3. The molecule has 11 heteroatoms. The molecule has 0 bridgehead atoms. The van der Waals surface area contributed by atoms with Crippen LogP contribution in [0.1, 0.15) is 39.3 Å². The Bertz CT molecular complexity index is 1760. The minimum atomic E-state index is -4.66. The van der Waals surface area contributed by atoms with Crippen LogP contribution in [0.25, 0.3) is 28.1 Å². The maximum Gasteiger partial charge on any atom is 0.433 e. The third-order valence-electron chi connectivity index (χ3n) is 7.17. The van der Waals surface area contributed by atoms with Crippen LogP contribution >= 0.6 is 0 Å². The number of anilines is 1. The van der Waals surface area contributed by atoms with Crippen molar-refractivity contribution in [2.45, 2.75) is 19.0 Å². The Labute approximate surface area is 244 Å². The summed E-state index contributed by atoms with van der Waals surface area (Å²) in [5.41, 5.74) is 2.31. The van der Waals surface area contributed by atoms with E-state index in [1.165, 1.54) is 30.7 Å². The molecule has 1 N–H and O–H groups in total. The Morgan fingerprint density at radius 3 is 2.23 bits per heavy atom. The second kappa shape index (κ2) is 11.5. The molecule has 216 valence electrons. The molecule has 0 aliphatic carbocycles. The number of carbonyl (C=O) groups is 2. The highest BCUT2D eigenvalue weighted by atomic mass is 19.4. The molecule has 0 radical (unpaired) electrons. The van der Waals surface area contributed by atoms with Crippen LogP contribution in [0.15, 0.2) is 97.5 Å². The van der Waals surface area contributed by atoms with Crippen molar-refractivity contribution >= 4 is 17.6 Å². The molecule has 1 aliphatic rings. The van der Waals surface area contributed by atoms with Gasteiger partial charge in [0.1, 0.15) is 11.5 Å². The summed E-state index contributed by atoms with van der Waals surface area (Å²) in [5.74, 6) is -0.249. The minimum absolute atomic E-state index is 0.0202. The Kier molecular flexibility index (Phi) is 7.45. The van der Waals surface area contributed by atoms with E-state index in [2.05, 4.69) is 20.4 Å². The second-order valence-corrected chi connectivity index (χ2v) is 10.1. The van der Waals surface area contributed by atoms with Crippen LogP contribution in [0.3, 0.4) is 0 Å². The predicted octanol–water partition coefficient (Wildman–Crippen LogP) is 6.50. The number of nitrogens with zero attached hydrogens (tertiary/aromatic N) is 5. The van der Waals surface area contributed by atoms with Crippen LogP contribution in [0.4, 0.5) is 19.0 Å². The molecule has 43 heavy (non-hydrogen) atoms. The highest BCUT2D eigenvalue weighted by Crippen LogP contribution is 2.34. The number of benzene rings is 2. The number of carbonyl (C=O) groups excluding carboxylic acids is 2. The zero-order chi connectivity index (χ0) is 30.0. The number of alkyl halides is 3. The van der Waals surface area contributed by atoms with E-state index in [1.54, 1.807) is 42.5 Å². The first-order chi connectivity index (χ1) is 20.8. The third-order valence-corrected chi connectivity index (χ3v) is 7.17. The summed E-state index contributed by atoms with van der Waals surface area (Å²) in [6.45, 7) is 1.56. The van der Waals surface area contributed by atoms with E-state index in [9.17, 15) is 22.8 Å². The normalized spacial score (nSPS) is 13.2. The largest absolute Gasteiger partial charge is 0.433 e. The fraction of sp³-hybridized carbons (Fsp3) is 0.156. The molecule has 8 nitrogen and oxygen atoms in total. The Hall–Kier alpha value is -5.32. The highest BCUT2D eigenvalue weighted by molar-refractivity contribution is 6.04. The molecule has 0 spiro atoms. The van der Waals surface area contributed by atoms with Gasteiger partial charge in [0.05, 0.1) is 17.6 Å². The van der Waals surface area contributed by atoms with E-state index in [1.807, 2.05) is 23.1 Å². The maximum absolute atomic E-state index is 13.8. The molecule has 2 amide bonds. The number of amides is 2. The van der Waals surface area contributed by atoms with Gasteiger partial charge in [-0.1, -0.05) is 24.3 Å². The van der Waals surface area contributed by atoms with Gasteiger partial charge in [-0.2, -0.15) is 18.3 Å². The monoisotopic (exact) mass is 582 g/mol. The third kappa shape index (κ3) is 6.01. The number of hydrogen-bond acceptors (Lipinski definition) is 5. The van der Waals surface area contributed by atoms with Crippen LogP contribution in [0.2, 0.25) is 0 Å². The summed E-state index contributed by atoms with van der Waals surface area (Å²) >= 11 is 0. The topological polar surface area (TPSA) is 93.0 Å². The Morgan fingerprint density at radius 1 is 0.791 bits per heavy atom. The van der Waals surface area contributed by atoms with E-state index in [4.69, 9.17) is 0 Å². The molecule has 6 rings (SSSR count). The van der Waals surface area contributed by atoms with E-state index < -0.39 is 17.8 Å². The Morgan fingerprint density at radius 2 is 1.56 bits per heavy atom. The molecule has 2 aromatic carbocycles. The maximum atomic E-state index is 13.8. The molecular formula is C32H25F3N6O2. The van der Waals surface area contributed by atoms with Gasteiger partial charge in [0, 0.05) is 42.2 Å². The van der Waals surface area contributed by atoms with Crippen molar-refractivity contribution < 1.29 is 22.8 Å². The zero-order valence-corrected chi connectivity index (χ0v) is 22.8. The fourth-order valence-corrected chi connectivity index (χ4v) is 4.96. The summed E-state index contributed by atoms with van der Waals surface area (Å²) < 4.78 is 42.2. The van der Waals surface area contributed by atoms with Crippen LogP contribution in [-0.2, 0) is 6.18 Å². The first kappa shape index (κ1) is 27.8. The van der Waals surface area contributed by atoms with E-state index in [0.29, 0.717) is 16.7 Å². The van der Waals surface area contributed by atoms with Gasteiger partial charge in [-0.25, -0.2) is 9.67 Å². The molecule has 5 aromatic rings. The fourth-order valence-electron chi connectivity index (χ4n) is 4.96. The van der Waals surface area contributed by atoms with Gasteiger partial charge in [-0.05, 0) is 78.6 Å². The van der Waals surface area contributed by atoms with Gasteiger partial charge < -0.3 is 10.2 Å². The van der Waals surface area contributed by atoms with Gasteiger partial charge in [-0.15, -0.1) is 0 Å². The van der Waals surface area contributed by atoms with Crippen LogP contribution in [-0.4, -0.2) is 49.6 Å². The van der Waals surface area contributed by atoms with Crippen molar-refractivity contribution in [2.24, 2.45) is 0 Å². The zero-order valence-electron chi connectivity index (χ0n) is 22.8. The number of pyridine rings is 2. The second-order valence-electron chi connectivity index (χ2n) is 10.1. The smallest absolute Gasteiger partial charge is 0.339 e. The molecule has 4 heterocycles. The van der Waals surface area contributed by atoms with E-state index >= 15 is 0 Å². The van der Waals surface area contributed by atoms with Crippen molar-refractivity contribution in [2.75, 3.05) is 18.4 Å². The summed E-state index contributed by atoms with van der Waals surface area (Å²) in [4.78, 5) is 35.6. The molecule has 3 aromatic heterocycles. The molecule has 1 saturated heterocycles. The van der Waals surface area contributed by atoms with E-state index in [-0.39, 0.29) is 23.1 Å². The van der Waals surface area contributed by atoms with Crippen molar-refractivity contribution in [1.82, 2.24) is 24.6 Å². The van der Waals surface area contributed by atoms with Gasteiger partial charge in [0.2, 0.25) is 0 Å². The van der Waals surface area contributed by atoms with Crippen molar-refractivity contribution in [1.29, 1.82) is 0 Å². The van der Waals surface area contributed by atoms with Gasteiger partial charge in [0.15, 0.2) is 0 Å². The minimum Gasteiger partial charge on any atom is -0.339 e. The van der Waals surface area contributed by atoms with Gasteiger partial charge in [-0.3, -0.25) is 14.6 Å². The lowest BCUT2D eigenvalue weighted by molar-refractivity contribution is -0.142. The number of aromatic nitrogens is 4. The quantitative estimate of drug-likeness (QED) is 0.247. The standard InChI is InChI=1S/C32H25F3N6O2/c33-32(34,35)28-18-27(25-7-4-14-36-19-25)39-41(28)26-12-13-29(37-20-26)38-30(42)24-6-3-5-23(17-24)21-8-10-22(11-9-21)31(43)40-15-1-2-16-40/h3-14,17-20H,1-2,15-16H2,(H,37,38,42). The molecule has 1 fully saturated rings. The number of rotatable bonds is 6. The lowest BCUT2D eigenvalue weighted by atomic mass is 10.0. The van der Waals surface area contributed by atoms with Crippen LogP contribution in [0.5, 0.6) is 0 Å². The lowest BCUT2D eigenvalue weighted by Gasteiger charge is -2.15. The number of halogens is 3. The molecular weight excluding hydrogens is 557 g/mol. The Balaban J connectivity index is 1.17. The average Bonchev–Trinajstić information content (AvgIpc) is 3.73. The van der Waals surface area contributed by atoms with Gasteiger partial charge >= 0.3 is 6.18 Å². The summed E-state index contributed by atoms with van der Waals surface area (Å²) in [7, 11) is 0. The highest BCUT2D eigenvalue weighted by Gasteiger charge is 2.36. The SMILES string of the molecule is O=C(Nc1ccc(-n2nc(-c3cccnc3)cc2C(F)(F)F)cn1)c1cccc(-c2ccc(C(=O)N3CCCC3)cc2)c1. The first-order valence-electron chi connectivity index (χ1n) is 13.6. The van der Waals surface area contributed by atoms with Crippen molar-refractivity contribution in [3.8, 4) is 28.1 Å². The predicted molar refractivity (Wildman–Crippen MR) is 155 cm³/mol. The summed E-state index contributed by atoms with van der Waals surface area (Å²) in [5, 5.41) is 6.82. The average molecular weight is 583 g/mol. The number of likely N-dealkylation sites (tertiary alicyclic amines) is 1. The van der Waals surface area contributed by atoms with Crippen LogP contribution < -0.4 is 5.32 Å². The summed E-state index contributed by atoms with van der Waals surface area (Å²) in [6.07, 6.45) is 1.56. The molecule has 1 aliphatic heterocycles. The first-order valence-corrected chi connectivity index (χ1v) is 13.6. The van der Waals surface area contributed by atoms with Gasteiger partial charge in [0.25, 0.3) is 11.8 Å². The van der Waals surface area contributed by atoms with Crippen molar-refractivity contribution in [3.63, 3.8) is 0 Å². The molecule has 0 unspecified atom stereocenters. The number of nitrogens with one attached hydrogen (secondary N) is 1. The lowest BCUT2D eigenvalue weighted by Crippen LogP contribution is -2.27. The number of hydrogen-bond donors (Lipinski definition) is 1. The molecule has 0 saturated carbocycles.